The standard InChI is InChI=1S/C13H21BrN2O2S2/c1-3-15-8-10-7-11(12(14)19-10)20(17,18)16-9-13(2)5-4-6-13/h7,15-16H,3-6,8-9H2,1-2H3. The maximum Gasteiger partial charge on any atom is 0.242 e. The third kappa shape index (κ3) is 3.82. The summed E-state index contributed by atoms with van der Waals surface area (Å²) in [6.07, 6.45) is 3.41. The van der Waals surface area contributed by atoms with Gasteiger partial charge in [-0.3, -0.25) is 0 Å². The van der Waals surface area contributed by atoms with Crippen LogP contribution in [0, 0.1) is 5.41 Å². The number of sulfonamides is 1. The summed E-state index contributed by atoms with van der Waals surface area (Å²) in [5.74, 6) is 0. The zero-order chi connectivity index (χ0) is 14.8. The van der Waals surface area contributed by atoms with Crippen molar-refractivity contribution in [2.45, 2.75) is 44.6 Å². The molecule has 1 aliphatic carbocycles. The fourth-order valence-electron chi connectivity index (χ4n) is 2.22. The molecule has 0 radical (unpaired) electrons. The van der Waals surface area contributed by atoms with E-state index in [9.17, 15) is 8.42 Å². The summed E-state index contributed by atoms with van der Waals surface area (Å²) in [6.45, 7) is 6.26. The first-order chi connectivity index (χ1) is 9.36. The predicted octanol–water partition coefficient (Wildman–Crippen LogP) is 3.09. The molecule has 114 valence electrons. The minimum atomic E-state index is -3.42. The smallest absolute Gasteiger partial charge is 0.242 e. The highest BCUT2D eigenvalue weighted by Crippen LogP contribution is 2.40. The van der Waals surface area contributed by atoms with Crippen molar-refractivity contribution in [1.82, 2.24) is 10.0 Å². The van der Waals surface area contributed by atoms with Crippen LogP contribution in [0.5, 0.6) is 0 Å². The van der Waals surface area contributed by atoms with E-state index in [0.29, 0.717) is 21.8 Å². The van der Waals surface area contributed by atoms with Gasteiger partial charge in [-0.05, 0) is 46.8 Å². The van der Waals surface area contributed by atoms with Gasteiger partial charge >= 0.3 is 0 Å². The van der Waals surface area contributed by atoms with Crippen molar-refractivity contribution in [3.8, 4) is 0 Å². The van der Waals surface area contributed by atoms with Crippen molar-refractivity contribution in [3.05, 3.63) is 14.7 Å². The lowest BCUT2D eigenvalue weighted by molar-refractivity contribution is 0.166. The molecule has 1 saturated carbocycles. The SMILES string of the molecule is CCNCc1cc(S(=O)(=O)NCC2(C)CCC2)c(Br)s1. The third-order valence-electron chi connectivity index (χ3n) is 3.79. The first-order valence-electron chi connectivity index (χ1n) is 6.85. The van der Waals surface area contributed by atoms with Crippen LogP contribution in [0.15, 0.2) is 14.7 Å². The van der Waals surface area contributed by atoms with E-state index in [0.717, 1.165) is 24.3 Å². The molecular weight excluding hydrogens is 360 g/mol. The summed E-state index contributed by atoms with van der Waals surface area (Å²) in [5, 5.41) is 3.21. The van der Waals surface area contributed by atoms with Gasteiger partial charge in [0.05, 0.1) is 3.79 Å². The zero-order valence-corrected chi connectivity index (χ0v) is 15.0. The number of thiophene rings is 1. The van der Waals surface area contributed by atoms with Crippen LogP contribution in [0.3, 0.4) is 0 Å². The normalized spacial score (nSPS) is 17.9. The molecule has 0 unspecified atom stereocenters. The Bertz CT molecular complexity index is 565. The average Bonchev–Trinajstić information content (AvgIpc) is 2.74. The molecule has 1 heterocycles. The quantitative estimate of drug-likeness (QED) is 0.763. The molecule has 0 amide bonds. The van der Waals surface area contributed by atoms with Crippen molar-refractivity contribution < 1.29 is 8.42 Å². The van der Waals surface area contributed by atoms with Crippen molar-refractivity contribution in [2.24, 2.45) is 5.41 Å². The van der Waals surface area contributed by atoms with Gasteiger partial charge in [0.15, 0.2) is 0 Å². The molecule has 1 aromatic rings. The fourth-order valence-corrected chi connectivity index (χ4v) is 6.07. The Morgan fingerprint density at radius 3 is 2.70 bits per heavy atom. The summed E-state index contributed by atoms with van der Waals surface area (Å²) >= 11 is 4.84. The molecule has 1 aromatic heterocycles. The van der Waals surface area contributed by atoms with Gasteiger partial charge in [0.25, 0.3) is 0 Å². The van der Waals surface area contributed by atoms with Crippen molar-refractivity contribution in [3.63, 3.8) is 0 Å². The van der Waals surface area contributed by atoms with Crippen LogP contribution in [0.25, 0.3) is 0 Å². The van der Waals surface area contributed by atoms with E-state index < -0.39 is 10.0 Å². The van der Waals surface area contributed by atoms with E-state index >= 15 is 0 Å². The summed E-state index contributed by atoms with van der Waals surface area (Å²) in [7, 11) is -3.42. The van der Waals surface area contributed by atoms with Gasteiger partial charge in [0.2, 0.25) is 10.0 Å². The van der Waals surface area contributed by atoms with Gasteiger partial charge in [-0.2, -0.15) is 0 Å². The second kappa shape index (κ2) is 6.44. The highest BCUT2D eigenvalue weighted by Gasteiger charge is 2.33. The number of halogens is 1. The lowest BCUT2D eigenvalue weighted by Gasteiger charge is -2.38. The Morgan fingerprint density at radius 1 is 1.45 bits per heavy atom. The lowest BCUT2D eigenvalue weighted by atomic mass is 9.71. The molecular formula is C13H21BrN2O2S2. The second-order valence-electron chi connectivity index (χ2n) is 5.62. The number of hydrogen-bond acceptors (Lipinski definition) is 4. The Labute approximate surface area is 133 Å². The molecule has 1 aliphatic rings. The van der Waals surface area contributed by atoms with Crippen LogP contribution < -0.4 is 10.0 Å². The minimum Gasteiger partial charge on any atom is -0.312 e. The molecule has 0 atom stereocenters. The third-order valence-corrected chi connectivity index (χ3v) is 7.45. The van der Waals surface area contributed by atoms with Gasteiger partial charge < -0.3 is 5.32 Å². The van der Waals surface area contributed by atoms with Crippen LogP contribution in [-0.2, 0) is 16.6 Å². The van der Waals surface area contributed by atoms with Crippen LogP contribution in [0.1, 0.15) is 38.0 Å². The van der Waals surface area contributed by atoms with Gasteiger partial charge in [0.1, 0.15) is 4.90 Å². The molecule has 0 aliphatic heterocycles. The average molecular weight is 381 g/mol. The molecule has 20 heavy (non-hydrogen) atoms. The summed E-state index contributed by atoms with van der Waals surface area (Å²) in [4.78, 5) is 1.38. The van der Waals surface area contributed by atoms with E-state index in [1.165, 1.54) is 17.8 Å². The number of nitrogens with one attached hydrogen (secondary N) is 2. The highest BCUT2D eigenvalue weighted by atomic mass is 79.9. The number of rotatable bonds is 7. The summed E-state index contributed by atoms with van der Waals surface area (Å²) < 4.78 is 28.2. The van der Waals surface area contributed by atoms with Gasteiger partial charge in [-0.15, -0.1) is 11.3 Å². The van der Waals surface area contributed by atoms with E-state index in [4.69, 9.17) is 0 Å². The van der Waals surface area contributed by atoms with E-state index in [2.05, 4.69) is 32.9 Å². The molecule has 4 nitrogen and oxygen atoms in total. The van der Waals surface area contributed by atoms with Crippen molar-refractivity contribution in [2.75, 3.05) is 13.1 Å². The molecule has 2 N–H and O–H groups in total. The van der Waals surface area contributed by atoms with E-state index in [1.807, 2.05) is 6.92 Å². The van der Waals surface area contributed by atoms with Gasteiger partial charge in [-0.1, -0.05) is 20.3 Å². The molecule has 1 fully saturated rings. The highest BCUT2D eigenvalue weighted by molar-refractivity contribution is 9.11. The second-order valence-corrected chi connectivity index (χ2v) is 9.81. The largest absolute Gasteiger partial charge is 0.312 e. The molecule has 2 rings (SSSR count). The van der Waals surface area contributed by atoms with Crippen molar-refractivity contribution in [1.29, 1.82) is 0 Å². The Morgan fingerprint density at radius 2 is 2.15 bits per heavy atom. The Kier molecular flexibility index (Phi) is 5.29. The molecule has 0 bridgehead atoms. The molecule has 7 heteroatoms. The van der Waals surface area contributed by atoms with Crippen LogP contribution in [-0.4, -0.2) is 21.5 Å². The molecule has 0 spiro atoms. The molecule has 0 aromatic carbocycles. The van der Waals surface area contributed by atoms with Gasteiger partial charge in [-0.25, -0.2) is 13.1 Å². The lowest BCUT2D eigenvalue weighted by Crippen LogP contribution is -2.39. The zero-order valence-electron chi connectivity index (χ0n) is 11.8. The van der Waals surface area contributed by atoms with Crippen LogP contribution in [0.2, 0.25) is 0 Å². The Hall–Kier alpha value is 0.0500. The predicted molar refractivity (Wildman–Crippen MR) is 86.5 cm³/mol. The maximum absolute atomic E-state index is 12.4. The van der Waals surface area contributed by atoms with Crippen LogP contribution >= 0.6 is 27.3 Å². The molecule has 0 saturated heterocycles. The van der Waals surface area contributed by atoms with E-state index in [1.54, 1.807) is 6.07 Å². The van der Waals surface area contributed by atoms with E-state index in [-0.39, 0.29) is 5.41 Å². The van der Waals surface area contributed by atoms with Gasteiger partial charge in [0, 0.05) is 18.0 Å². The number of hydrogen-bond donors (Lipinski definition) is 2. The summed E-state index contributed by atoms with van der Waals surface area (Å²) in [6, 6.07) is 1.75. The summed E-state index contributed by atoms with van der Waals surface area (Å²) in [5.41, 5.74) is 0.141. The monoisotopic (exact) mass is 380 g/mol. The maximum atomic E-state index is 12.4. The minimum absolute atomic E-state index is 0.141. The fraction of sp³-hybridized carbons (Fsp3) is 0.692. The van der Waals surface area contributed by atoms with Crippen LogP contribution in [0.4, 0.5) is 0 Å². The Balaban J connectivity index is 2.06. The van der Waals surface area contributed by atoms with Crippen molar-refractivity contribution >= 4 is 37.3 Å². The topological polar surface area (TPSA) is 58.2 Å². The first kappa shape index (κ1) is 16.4. The first-order valence-corrected chi connectivity index (χ1v) is 9.94.